The second kappa shape index (κ2) is 7.75. The third-order valence-electron chi connectivity index (χ3n) is 2.09. The van der Waals surface area contributed by atoms with Crippen LogP contribution in [-0.2, 0) is 25.6 Å². The number of hydrogen-bond donors (Lipinski definition) is 1. The van der Waals surface area contributed by atoms with Crippen molar-refractivity contribution in [1.82, 2.24) is 5.32 Å². The maximum Gasteiger partial charge on any atom is 0.412 e. The van der Waals surface area contributed by atoms with Crippen LogP contribution in [0.2, 0.25) is 0 Å². The fourth-order valence-corrected chi connectivity index (χ4v) is 1.23. The Bertz CT molecular complexity index is 455. The van der Waals surface area contributed by atoms with E-state index in [4.69, 9.17) is 4.74 Å². The molecule has 0 saturated heterocycles. The zero-order valence-corrected chi connectivity index (χ0v) is 10.7. The van der Waals surface area contributed by atoms with Gasteiger partial charge in [-0.05, 0) is 5.56 Å². The van der Waals surface area contributed by atoms with E-state index in [9.17, 15) is 9.59 Å². The lowest BCUT2D eigenvalue weighted by Crippen LogP contribution is -2.28. The van der Waals surface area contributed by atoms with Crippen molar-refractivity contribution in [2.75, 3.05) is 14.2 Å². The molecule has 0 aliphatic heterocycles. The quantitative estimate of drug-likeness (QED) is 0.497. The second-order valence-electron chi connectivity index (χ2n) is 3.45. The molecule has 0 aliphatic carbocycles. The van der Waals surface area contributed by atoms with Crippen LogP contribution in [0, 0.1) is 0 Å². The molecule has 19 heavy (non-hydrogen) atoms. The lowest BCUT2D eigenvalue weighted by molar-refractivity contribution is -0.136. The minimum absolute atomic E-state index is 0.105. The topological polar surface area (TPSA) is 73.9 Å². The van der Waals surface area contributed by atoms with E-state index in [0.717, 1.165) is 11.8 Å². The summed E-state index contributed by atoms with van der Waals surface area (Å²) >= 11 is 0. The van der Waals surface area contributed by atoms with Gasteiger partial charge in [0.1, 0.15) is 12.9 Å². The van der Waals surface area contributed by atoms with Gasteiger partial charge in [-0.2, -0.15) is 0 Å². The van der Waals surface area contributed by atoms with Gasteiger partial charge in [0.25, 0.3) is 0 Å². The number of carbonyl (C=O) groups excluding carboxylic acids is 2. The fourth-order valence-electron chi connectivity index (χ4n) is 1.23. The second-order valence-corrected chi connectivity index (χ2v) is 3.45. The lowest BCUT2D eigenvalue weighted by Gasteiger charge is -2.08. The summed E-state index contributed by atoms with van der Waals surface area (Å²) in [5.41, 5.74) is 0.705. The first-order valence-corrected chi connectivity index (χ1v) is 5.46. The molecule has 1 rings (SSSR count). The Labute approximate surface area is 111 Å². The molecule has 0 aliphatic rings. The van der Waals surface area contributed by atoms with E-state index in [1.54, 1.807) is 0 Å². The van der Waals surface area contributed by atoms with Gasteiger partial charge < -0.3 is 14.2 Å². The molecule has 1 aromatic rings. The van der Waals surface area contributed by atoms with Crippen LogP contribution in [0.4, 0.5) is 4.79 Å². The molecular weight excluding hydrogens is 250 g/mol. The van der Waals surface area contributed by atoms with E-state index in [1.807, 2.05) is 30.3 Å². The molecule has 102 valence electrons. The zero-order chi connectivity index (χ0) is 14.1. The van der Waals surface area contributed by atoms with Crippen molar-refractivity contribution in [3.8, 4) is 0 Å². The van der Waals surface area contributed by atoms with Crippen LogP contribution < -0.4 is 5.32 Å². The number of ether oxygens (including phenoxy) is 3. The minimum atomic E-state index is -0.766. The molecule has 0 aromatic heterocycles. The van der Waals surface area contributed by atoms with Gasteiger partial charge in [0.05, 0.1) is 14.2 Å². The largest absolute Gasteiger partial charge is 0.502 e. The number of amides is 1. The van der Waals surface area contributed by atoms with Crippen LogP contribution in [0.15, 0.2) is 42.3 Å². The third kappa shape index (κ3) is 5.12. The van der Waals surface area contributed by atoms with Crippen LogP contribution in [0.25, 0.3) is 0 Å². The van der Waals surface area contributed by atoms with Gasteiger partial charge in [-0.25, -0.2) is 9.59 Å². The Hall–Kier alpha value is -2.50. The summed E-state index contributed by atoms with van der Waals surface area (Å²) in [6.45, 7) is 0.105. The van der Waals surface area contributed by atoms with E-state index >= 15 is 0 Å². The lowest BCUT2D eigenvalue weighted by atomic mass is 10.2. The molecule has 0 radical (unpaired) electrons. The number of nitrogens with one attached hydrogen (secondary N) is 1. The molecule has 1 amide bonds. The van der Waals surface area contributed by atoms with Gasteiger partial charge in [-0.1, -0.05) is 30.3 Å². The number of alkyl carbamates (subject to hydrolysis) is 1. The number of methoxy groups -OCH3 is 2. The van der Waals surface area contributed by atoms with E-state index in [0.29, 0.717) is 0 Å². The van der Waals surface area contributed by atoms with Gasteiger partial charge >= 0.3 is 12.1 Å². The van der Waals surface area contributed by atoms with Crippen molar-refractivity contribution in [3.05, 3.63) is 47.9 Å². The maximum atomic E-state index is 11.5. The van der Waals surface area contributed by atoms with Gasteiger partial charge in [-0.3, -0.25) is 5.32 Å². The summed E-state index contributed by atoms with van der Waals surface area (Å²) in [6.07, 6.45) is 0.299. The monoisotopic (exact) mass is 265 g/mol. The SMILES string of the molecule is CO/C=C(/NC(=O)OCc1ccccc1)C(=O)OC. The highest BCUT2D eigenvalue weighted by molar-refractivity contribution is 5.91. The Balaban J connectivity index is 2.50. The van der Waals surface area contributed by atoms with E-state index in [-0.39, 0.29) is 12.3 Å². The molecule has 0 atom stereocenters. The highest BCUT2D eigenvalue weighted by atomic mass is 16.6. The van der Waals surface area contributed by atoms with Crippen molar-refractivity contribution in [2.45, 2.75) is 6.61 Å². The molecule has 0 heterocycles. The van der Waals surface area contributed by atoms with Gasteiger partial charge in [0.2, 0.25) is 0 Å². The molecule has 0 saturated carbocycles. The van der Waals surface area contributed by atoms with Crippen molar-refractivity contribution in [2.24, 2.45) is 0 Å². The molecule has 1 N–H and O–H groups in total. The average molecular weight is 265 g/mol. The van der Waals surface area contributed by atoms with Gasteiger partial charge in [-0.15, -0.1) is 0 Å². The molecule has 1 aromatic carbocycles. The predicted octanol–water partition coefficient (Wildman–Crippen LogP) is 1.57. The fraction of sp³-hybridized carbons (Fsp3) is 0.231. The first kappa shape index (κ1) is 14.6. The average Bonchev–Trinajstić information content (AvgIpc) is 2.45. The van der Waals surface area contributed by atoms with Crippen molar-refractivity contribution in [3.63, 3.8) is 0 Å². The molecule has 6 nitrogen and oxygen atoms in total. The van der Waals surface area contributed by atoms with Crippen LogP contribution in [-0.4, -0.2) is 26.3 Å². The summed E-state index contributed by atoms with van der Waals surface area (Å²) in [5.74, 6) is -0.724. The molecular formula is C13H15NO5. The smallest absolute Gasteiger partial charge is 0.412 e. The molecule has 6 heteroatoms. The van der Waals surface area contributed by atoms with Gasteiger partial charge in [0.15, 0.2) is 5.70 Å². The Morgan fingerprint density at radius 2 is 1.89 bits per heavy atom. The normalized spacial score (nSPS) is 10.5. The predicted molar refractivity (Wildman–Crippen MR) is 66.9 cm³/mol. The number of carbonyl (C=O) groups is 2. The zero-order valence-electron chi connectivity index (χ0n) is 10.7. The summed E-state index contributed by atoms with van der Waals surface area (Å²) < 4.78 is 14.1. The number of benzene rings is 1. The first-order chi connectivity index (χ1) is 9.17. The summed E-state index contributed by atoms with van der Waals surface area (Å²) in [4.78, 5) is 22.8. The Morgan fingerprint density at radius 1 is 1.21 bits per heavy atom. The van der Waals surface area contributed by atoms with Crippen LogP contribution in [0.3, 0.4) is 0 Å². The minimum Gasteiger partial charge on any atom is -0.502 e. The number of rotatable bonds is 5. The molecule has 0 spiro atoms. The molecule has 0 bridgehead atoms. The van der Waals surface area contributed by atoms with E-state index < -0.39 is 12.1 Å². The standard InChI is InChI=1S/C13H15NO5/c1-17-9-11(12(15)18-2)14-13(16)19-8-10-6-4-3-5-7-10/h3-7,9H,8H2,1-2H3,(H,14,16)/b11-9+. The third-order valence-corrected chi connectivity index (χ3v) is 2.09. The maximum absolute atomic E-state index is 11.5. The first-order valence-electron chi connectivity index (χ1n) is 5.46. The summed E-state index contributed by atoms with van der Waals surface area (Å²) in [7, 11) is 2.54. The Morgan fingerprint density at radius 3 is 2.47 bits per heavy atom. The van der Waals surface area contributed by atoms with Crippen LogP contribution >= 0.6 is 0 Å². The van der Waals surface area contributed by atoms with Crippen molar-refractivity contribution in [1.29, 1.82) is 0 Å². The highest BCUT2D eigenvalue weighted by Crippen LogP contribution is 2.01. The van der Waals surface area contributed by atoms with Crippen LogP contribution in [0.1, 0.15) is 5.56 Å². The molecule has 0 unspecified atom stereocenters. The van der Waals surface area contributed by atoms with Gasteiger partial charge in [0, 0.05) is 0 Å². The summed E-state index contributed by atoms with van der Waals surface area (Å²) in [5, 5.41) is 2.24. The number of hydrogen-bond acceptors (Lipinski definition) is 5. The Kier molecular flexibility index (Phi) is 5.94. The summed E-state index contributed by atoms with van der Waals surface area (Å²) in [6, 6.07) is 9.17. The van der Waals surface area contributed by atoms with Crippen molar-refractivity contribution < 1.29 is 23.8 Å². The van der Waals surface area contributed by atoms with E-state index in [1.165, 1.54) is 14.2 Å². The van der Waals surface area contributed by atoms with Crippen molar-refractivity contribution >= 4 is 12.1 Å². The van der Waals surface area contributed by atoms with E-state index in [2.05, 4.69) is 14.8 Å². The van der Waals surface area contributed by atoms with Crippen LogP contribution in [0.5, 0.6) is 0 Å². The highest BCUT2D eigenvalue weighted by Gasteiger charge is 2.14. The molecule has 0 fully saturated rings. The number of esters is 1.